The molecule has 0 saturated carbocycles. The number of benzene rings is 1. The molecule has 122 valence electrons. The smallest absolute Gasteiger partial charge is 0.246 e. The van der Waals surface area contributed by atoms with Crippen LogP contribution in [-0.4, -0.2) is 63.3 Å². The lowest BCUT2D eigenvalue weighted by molar-refractivity contribution is -0.131. The summed E-state index contributed by atoms with van der Waals surface area (Å²) < 4.78 is 39.3. The Kier molecular flexibility index (Phi) is 5.38. The predicted molar refractivity (Wildman–Crippen MR) is 80.7 cm³/mol. The summed E-state index contributed by atoms with van der Waals surface area (Å²) in [5, 5.41) is 3.22. The van der Waals surface area contributed by atoms with E-state index in [-0.39, 0.29) is 17.5 Å². The number of sulfonamides is 1. The molecule has 0 bridgehead atoms. The number of halogens is 2. The molecule has 1 fully saturated rings. The summed E-state index contributed by atoms with van der Waals surface area (Å²) in [6.45, 7) is 2.06. The predicted octanol–water partition coefficient (Wildman–Crippen LogP) is 0.531. The number of likely N-dealkylation sites (N-methyl/N-ethyl adjacent to an activating group) is 1. The summed E-state index contributed by atoms with van der Waals surface area (Å²) in [6, 6.07) is 3.29. The molecule has 1 aromatic carbocycles. The van der Waals surface area contributed by atoms with Crippen LogP contribution in [0.4, 0.5) is 4.39 Å². The topological polar surface area (TPSA) is 69.7 Å². The molecule has 0 spiro atoms. The van der Waals surface area contributed by atoms with Crippen LogP contribution in [0.15, 0.2) is 23.1 Å². The van der Waals surface area contributed by atoms with Crippen LogP contribution in [0.2, 0.25) is 5.02 Å². The number of piperazine rings is 1. The highest BCUT2D eigenvalue weighted by atomic mass is 35.5. The molecule has 0 atom stereocenters. The third kappa shape index (κ3) is 3.75. The second-order valence-corrected chi connectivity index (χ2v) is 7.42. The molecule has 1 heterocycles. The number of carbonyl (C=O) groups excluding carboxylic acids is 1. The summed E-state index contributed by atoms with van der Waals surface area (Å²) in [7, 11) is -2.87. The Morgan fingerprint density at radius 1 is 1.41 bits per heavy atom. The maximum atomic E-state index is 13.7. The van der Waals surface area contributed by atoms with Crippen LogP contribution in [0.5, 0.6) is 0 Å². The van der Waals surface area contributed by atoms with Gasteiger partial charge in [0.25, 0.3) is 0 Å². The summed E-state index contributed by atoms with van der Waals surface area (Å²) >= 11 is 5.72. The van der Waals surface area contributed by atoms with Gasteiger partial charge in [0.1, 0.15) is 10.7 Å². The second kappa shape index (κ2) is 6.91. The third-order valence-corrected chi connectivity index (χ3v) is 5.46. The number of carbonyl (C=O) groups is 1. The van der Waals surface area contributed by atoms with E-state index in [2.05, 4.69) is 5.32 Å². The van der Waals surface area contributed by atoms with Crippen molar-refractivity contribution in [3.63, 3.8) is 0 Å². The van der Waals surface area contributed by atoms with Crippen LogP contribution in [-0.2, 0) is 14.8 Å². The lowest BCUT2D eigenvalue weighted by Crippen LogP contribution is -2.49. The molecule has 22 heavy (non-hydrogen) atoms. The molecular weight excluding hydrogens is 333 g/mol. The maximum absolute atomic E-state index is 13.7. The summed E-state index contributed by atoms with van der Waals surface area (Å²) in [4.78, 5) is 13.2. The molecule has 1 N–H and O–H groups in total. The first-order valence-electron chi connectivity index (χ1n) is 6.72. The molecule has 1 aliphatic rings. The van der Waals surface area contributed by atoms with Gasteiger partial charge in [-0.25, -0.2) is 12.8 Å². The fraction of sp³-hybridized carbons (Fsp3) is 0.462. The van der Waals surface area contributed by atoms with Crippen LogP contribution in [0.25, 0.3) is 0 Å². The lowest BCUT2D eigenvalue weighted by Gasteiger charge is -2.29. The highest BCUT2D eigenvalue weighted by Crippen LogP contribution is 2.22. The van der Waals surface area contributed by atoms with Crippen molar-refractivity contribution in [1.29, 1.82) is 0 Å². The average Bonchev–Trinajstić information content (AvgIpc) is 2.50. The van der Waals surface area contributed by atoms with E-state index < -0.39 is 20.7 Å². The van der Waals surface area contributed by atoms with Gasteiger partial charge in [-0.1, -0.05) is 11.6 Å². The van der Waals surface area contributed by atoms with Gasteiger partial charge in [-0.15, -0.1) is 0 Å². The number of rotatable bonds is 4. The standard InChI is InChI=1S/C13H17ClFN3O3S/c1-17(9-13(19)18-6-4-16-5-7-18)22(20,21)12-8-10(14)2-3-11(12)15/h2-3,8,16H,4-7,9H2,1H3. The molecule has 0 radical (unpaired) electrons. The molecule has 0 unspecified atom stereocenters. The van der Waals surface area contributed by atoms with Crippen molar-refractivity contribution in [1.82, 2.24) is 14.5 Å². The minimum Gasteiger partial charge on any atom is -0.339 e. The zero-order valence-corrected chi connectivity index (χ0v) is 13.6. The first-order chi connectivity index (χ1) is 10.3. The Bertz CT molecular complexity index is 662. The first kappa shape index (κ1) is 17.1. The number of amides is 1. The van der Waals surface area contributed by atoms with Crippen molar-refractivity contribution in [2.24, 2.45) is 0 Å². The summed E-state index contributed by atoms with van der Waals surface area (Å²) in [6.07, 6.45) is 0. The Morgan fingerprint density at radius 2 is 2.05 bits per heavy atom. The number of nitrogens with one attached hydrogen (secondary N) is 1. The molecule has 1 saturated heterocycles. The minimum absolute atomic E-state index is 0.113. The molecule has 6 nitrogen and oxygen atoms in total. The Balaban J connectivity index is 2.15. The molecule has 1 aliphatic heterocycles. The van der Waals surface area contributed by atoms with Crippen molar-refractivity contribution in [3.8, 4) is 0 Å². The normalized spacial score (nSPS) is 16.1. The van der Waals surface area contributed by atoms with E-state index in [4.69, 9.17) is 11.6 Å². The van der Waals surface area contributed by atoms with Gasteiger partial charge in [-0.3, -0.25) is 4.79 Å². The zero-order valence-electron chi connectivity index (χ0n) is 12.1. The van der Waals surface area contributed by atoms with Gasteiger partial charge < -0.3 is 10.2 Å². The van der Waals surface area contributed by atoms with Crippen LogP contribution < -0.4 is 5.32 Å². The summed E-state index contributed by atoms with van der Waals surface area (Å²) in [5.41, 5.74) is 0. The minimum atomic E-state index is -4.12. The Labute approximate surface area is 133 Å². The van der Waals surface area contributed by atoms with Gasteiger partial charge in [0.05, 0.1) is 6.54 Å². The zero-order chi connectivity index (χ0) is 16.3. The molecule has 1 aromatic rings. The third-order valence-electron chi connectivity index (χ3n) is 3.41. The number of hydrogen-bond donors (Lipinski definition) is 1. The fourth-order valence-electron chi connectivity index (χ4n) is 2.13. The van der Waals surface area contributed by atoms with Gasteiger partial charge in [0.15, 0.2) is 0 Å². The first-order valence-corrected chi connectivity index (χ1v) is 8.54. The van der Waals surface area contributed by atoms with E-state index in [9.17, 15) is 17.6 Å². The Morgan fingerprint density at radius 3 is 2.68 bits per heavy atom. The van der Waals surface area contributed by atoms with Crippen LogP contribution in [0.1, 0.15) is 0 Å². The molecule has 9 heteroatoms. The van der Waals surface area contributed by atoms with Crippen LogP contribution >= 0.6 is 11.6 Å². The van der Waals surface area contributed by atoms with Crippen LogP contribution in [0, 0.1) is 5.82 Å². The van der Waals surface area contributed by atoms with Crippen LogP contribution in [0.3, 0.4) is 0 Å². The van der Waals surface area contributed by atoms with Crippen molar-refractivity contribution < 1.29 is 17.6 Å². The highest BCUT2D eigenvalue weighted by Gasteiger charge is 2.28. The largest absolute Gasteiger partial charge is 0.339 e. The molecular formula is C13H17ClFN3O3S. The van der Waals surface area contributed by atoms with E-state index >= 15 is 0 Å². The van der Waals surface area contributed by atoms with Gasteiger partial charge in [-0.05, 0) is 18.2 Å². The van der Waals surface area contributed by atoms with E-state index in [0.717, 1.165) is 16.4 Å². The molecule has 2 rings (SSSR count). The van der Waals surface area contributed by atoms with E-state index in [0.29, 0.717) is 26.2 Å². The maximum Gasteiger partial charge on any atom is 0.246 e. The van der Waals surface area contributed by atoms with E-state index in [1.165, 1.54) is 13.1 Å². The van der Waals surface area contributed by atoms with E-state index in [1.54, 1.807) is 4.90 Å². The number of hydrogen-bond acceptors (Lipinski definition) is 4. The van der Waals surface area contributed by atoms with Gasteiger partial charge >= 0.3 is 0 Å². The van der Waals surface area contributed by atoms with Crippen molar-refractivity contribution >= 4 is 27.5 Å². The lowest BCUT2D eigenvalue weighted by atomic mass is 10.3. The molecule has 0 aliphatic carbocycles. The van der Waals surface area contributed by atoms with Crippen molar-refractivity contribution in [2.75, 3.05) is 39.8 Å². The second-order valence-electron chi connectivity index (χ2n) is 4.97. The monoisotopic (exact) mass is 349 g/mol. The van der Waals surface area contributed by atoms with E-state index in [1.807, 2.05) is 0 Å². The SMILES string of the molecule is CN(CC(=O)N1CCNCC1)S(=O)(=O)c1cc(Cl)ccc1F. The fourth-order valence-corrected chi connectivity index (χ4v) is 3.58. The average molecular weight is 350 g/mol. The molecule has 0 aromatic heterocycles. The van der Waals surface area contributed by atoms with Crippen molar-refractivity contribution in [2.45, 2.75) is 4.90 Å². The van der Waals surface area contributed by atoms with Gasteiger partial charge in [0.2, 0.25) is 15.9 Å². The van der Waals surface area contributed by atoms with Gasteiger partial charge in [-0.2, -0.15) is 4.31 Å². The number of nitrogens with zero attached hydrogens (tertiary/aromatic N) is 2. The highest BCUT2D eigenvalue weighted by molar-refractivity contribution is 7.89. The Hall–Kier alpha value is -1.22. The van der Waals surface area contributed by atoms with Crippen molar-refractivity contribution in [3.05, 3.63) is 29.0 Å². The molecule has 1 amide bonds. The van der Waals surface area contributed by atoms with Gasteiger partial charge in [0, 0.05) is 38.2 Å². The summed E-state index contributed by atoms with van der Waals surface area (Å²) in [5.74, 6) is -1.21. The quantitative estimate of drug-likeness (QED) is 0.861.